The smallest absolute Gasteiger partial charge is 0.189 e. The molecule has 0 aliphatic heterocycles. The number of hydrogen-bond acceptors (Lipinski definition) is 4. The van der Waals surface area contributed by atoms with Gasteiger partial charge in [0.15, 0.2) is 5.96 Å². The van der Waals surface area contributed by atoms with E-state index >= 15 is 0 Å². The molecular formula is C17H31IN4O2. The number of nitrogens with two attached hydrogens (primary N) is 1. The summed E-state index contributed by atoms with van der Waals surface area (Å²) in [6.45, 7) is 7.73. The van der Waals surface area contributed by atoms with Crippen molar-refractivity contribution in [2.24, 2.45) is 10.7 Å². The average molecular weight is 450 g/mol. The van der Waals surface area contributed by atoms with Crippen LogP contribution in [0.15, 0.2) is 29.3 Å². The fourth-order valence-corrected chi connectivity index (χ4v) is 1.93. The molecule has 0 heterocycles. The molecule has 6 nitrogen and oxygen atoms in total. The Morgan fingerprint density at radius 1 is 1.29 bits per heavy atom. The van der Waals surface area contributed by atoms with E-state index < -0.39 is 0 Å². The second-order valence-corrected chi connectivity index (χ2v) is 5.79. The fourth-order valence-electron chi connectivity index (χ4n) is 1.93. The van der Waals surface area contributed by atoms with Crippen LogP contribution in [0.4, 0.5) is 0 Å². The molecule has 0 spiro atoms. The van der Waals surface area contributed by atoms with Gasteiger partial charge in [-0.1, -0.05) is 12.1 Å². The minimum Gasteiger partial charge on any atom is -0.492 e. The first-order valence-electron chi connectivity index (χ1n) is 7.97. The zero-order valence-corrected chi connectivity index (χ0v) is 17.4. The molecule has 0 bridgehead atoms. The van der Waals surface area contributed by atoms with Crippen molar-refractivity contribution in [2.75, 3.05) is 40.5 Å². The summed E-state index contributed by atoms with van der Waals surface area (Å²) < 4.78 is 10.8. The number of benzene rings is 1. The molecule has 24 heavy (non-hydrogen) atoms. The maximum atomic E-state index is 5.81. The van der Waals surface area contributed by atoms with E-state index in [0.29, 0.717) is 19.1 Å². The maximum Gasteiger partial charge on any atom is 0.189 e. The molecular weight excluding hydrogens is 419 g/mol. The van der Waals surface area contributed by atoms with E-state index in [0.717, 1.165) is 31.0 Å². The summed E-state index contributed by atoms with van der Waals surface area (Å²) in [4.78, 5) is 6.50. The van der Waals surface area contributed by atoms with E-state index in [2.05, 4.69) is 22.3 Å². The van der Waals surface area contributed by atoms with Gasteiger partial charge >= 0.3 is 0 Å². The molecule has 0 saturated heterocycles. The maximum absolute atomic E-state index is 5.81. The Labute approximate surface area is 162 Å². The topological polar surface area (TPSA) is 72.1 Å². The molecule has 138 valence electrons. The van der Waals surface area contributed by atoms with Crippen LogP contribution >= 0.6 is 24.0 Å². The van der Waals surface area contributed by atoms with Crippen molar-refractivity contribution in [3.63, 3.8) is 0 Å². The third kappa shape index (κ3) is 10.7. The molecule has 0 aliphatic carbocycles. The second-order valence-electron chi connectivity index (χ2n) is 5.79. The van der Waals surface area contributed by atoms with Crippen LogP contribution in [0.5, 0.6) is 5.75 Å². The van der Waals surface area contributed by atoms with Crippen LogP contribution in [0.25, 0.3) is 0 Å². The normalized spacial score (nSPS) is 11.5. The van der Waals surface area contributed by atoms with Gasteiger partial charge in [-0.05, 0) is 38.6 Å². The predicted octanol–water partition coefficient (Wildman–Crippen LogP) is 2.07. The SMILES string of the molecule is COCCN(C)CCOc1cccc(CN=C(N)NC(C)C)c1.I. The highest BCUT2D eigenvalue weighted by Gasteiger charge is 2.01. The largest absolute Gasteiger partial charge is 0.492 e. The first kappa shape index (κ1) is 22.9. The van der Waals surface area contributed by atoms with Gasteiger partial charge in [0.1, 0.15) is 12.4 Å². The van der Waals surface area contributed by atoms with Crippen LogP contribution in [0, 0.1) is 0 Å². The van der Waals surface area contributed by atoms with Gasteiger partial charge < -0.3 is 25.4 Å². The summed E-state index contributed by atoms with van der Waals surface area (Å²) in [5.41, 5.74) is 6.88. The number of ether oxygens (including phenoxy) is 2. The average Bonchev–Trinajstić information content (AvgIpc) is 2.51. The van der Waals surface area contributed by atoms with E-state index in [1.54, 1.807) is 7.11 Å². The molecule has 0 unspecified atom stereocenters. The van der Waals surface area contributed by atoms with E-state index in [9.17, 15) is 0 Å². The molecule has 7 heteroatoms. The standard InChI is InChI=1S/C17H30N4O2.HI/c1-14(2)20-17(18)19-13-15-6-5-7-16(12-15)23-11-9-21(3)8-10-22-4;/h5-7,12,14H,8-11,13H2,1-4H3,(H3,18,19,20);1H. The number of rotatable bonds is 10. The van der Waals surface area contributed by atoms with Gasteiger partial charge in [0.05, 0.1) is 13.2 Å². The van der Waals surface area contributed by atoms with Crippen LogP contribution in [0.3, 0.4) is 0 Å². The zero-order valence-electron chi connectivity index (χ0n) is 15.1. The number of aliphatic imine (C=N–C) groups is 1. The van der Waals surface area contributed by atoms with Gasteiger partial charge in [-0.3, -0.25) is 0 Å². The van der Waals surface area contributed by atoms with Crippen molar-refractivity contribution in [2.45, 2.75) is 26.4 Å². The summed E-state index contributed by atoms with van der Waals surface area (Å²) >= 11 is 0. The lowest BCUT2D eigenvalue weighted by Gasteiger charge is -2.16. The Morgan fingerprint density at radius 2 is 2.00 bits per heavy atom. The molecule has 0 aliphatic rings. The van der Waals surface area contributed by atoms with Gasteiger partial charge in [0, 0.05) is 26.2 Å². The van der Waals surface area contributed by atoms with Gasteiger partial charge in [-0.25, -0.2) is 4.99 Å². The predicted molar refractivity (Wildman–Crippen MR) is 110 cm³/mol. The van der Waals surface area contributed by atoms with Crippen molar-refractivity contribution >= 4 is 29.9 Å². The lowest BCUT2D eigenvalue weighted by Crippen LogP contribution is -2.36. The Balaban J connectivity index is 0.00000529. The second kappa shape index (κ2) is 13.3. The summed E-state index contributed by atoms with van der Waals surface area (Å²) in [6.07, 6.45) is 0. The van der Waals surface area contributed by atoms with E-state index in [4.69, 9.17) is 15.2 Å². The number of hydrogen-bond donors (Lipinski definition) is 2. The number of nitrogens with zero attached hydrogens (tertiary/aromatic N) is 2. The molecule has 0 aromatic heterocycles. The molecule has 0 amide bonds. The van der Waals surface area contributed by atoms with E-state index in [-0.39, 0.29) is 30.0 Å². The molecule has 1 aromatic carbocycles. The summed E-state index contributed by atoms with van der Waals surface area (Å²) in [5, 5.41) is 3.07. The summed E-state index contributed by atoms with van der Waals surface area (Å²) in [5.74, 6) is 1.32. The highest BCUT2D eigenvalue weighted by atomic mass is 127. The van der Waals surface area contributed by atoms with Crippen LogP contribution in [-0.4, -0.2) is 57.4 Å². The number of nitrogens with one attached hydrogen (secondary N) is 1. The van der Waals surface area contributed by atoms with Crippen LogP contribution in [0.1, 0.15) is 19.4 Å². The van der Waals surface area contributed by atoms with Crippen molar-refractivity contribution in [3.05, 3.63) is 29.8 Å². The Kier molecular flexibility index (Phi) is 12.7. The fraction of sp³-hybridized carbons (Fsp3) is 0.588. The third-order valence-electron chi connectivity index (χ3n) is 3.19. The number of likely N-dealkylation sites (N-methyl/N-ethyl adjacent to an activating group) is 1. The van der Waals surface area contributed by atoms with Gasteiger partial charge in [0.25, 0.3) is 0 Å². The molecule has 0 radical (unpaired) electrons. The Bertz CT molecular complexity index is 483. The first-order chi connectivity index (χ1) is 11.0. The number of guanidine groups is 1. The van der Waals surface area contributed by atoms with E-state index in [1.807, 2.05) is 38.1 Å². The minimum atomic E-state index is 0. The van der Waals surface area contributed by atoms with Crippen LogP contribution in [0.2, 0.25) is 0 Å². The third-order valence-corrected chi connectivity index (χ3v) is 3.19. The molecule has 0 fully saturated rings. The molecule has 1 rings (SSSR count). The first-order valence-corrected chi connectivity index (χ1v) is 7.97. The Morgan fingerprint density at radius 3 is 2.67 bits per heavy atom. The van der Waals surface area contributed by atoms with Crippen LogP contribution in [-0.2, 0) is 11.3 Å². The monoisotopic (exact) mass is 450 g/mol. The number of halogens is 1. The van der Waals surface area contributed by atoms with Crippen molar-refractivity contribution in [1.82, 2.24) is 10.2 Å². The highest BCUT2D eigenvalue weighted by Crippen LogP contribution is 2.14. The summed E-state index contributed by atoms with van der Waals surface area (Å²) in [6, 6.07) is 8.23. The molecule has 3 N–H and O–H groups in total. The van der Waals surface area contributed by atoms with Gasteiger partial charge in [0.2, 0.25) is 0 Å². The van der Waals surface area contributed by atoms with Crippen LogP contribution < -0.4 is 15.8 Å². The molecule has 1 aromatic rings. The highest BCUT2D eigenvalue weighted by molar-refractivity contribution is 14.0. The molecule has 0 saturated carbocycles. The summed E-state index contributed by atoms with van der Waals surface area (Å²) in [7, 11) is 3.76. The van der Waals surface area contributed by atoms with Gasteiger partial charge in [-0.15, -0.1) is 24.0 Å². The van der Waals surface area contributed by atoms with E-state index in [1.165, 1.54) is 0 Å². The van der Waals surface area contributed by atoms with Gasteiger partial charge in [-0.2, -0.15) is 0 Å². The van der Waals surface area contributed by atoms with Crippen molar-refractivity contribution < 1.29 is 9.47 Å². The number of methoxy groups -OCH3 is 1. The molecule has 0 atom stereocenters. The lowest BCUT2D eigenvalue weighted by molar-refractivity contribution is 0.150. The lowest BCUT2D eigenvalue weighted by atomic mass is 10.2. The Hall–Kier alpha value is -1.06. The minimum absolute atomic E-state index is 0. The quantitative estimate of drug-likeness (QED) is 0.325. The van der Waals surface area contributed by atoms with Crippen molar-refractivity contribution in [3.8, 4) is 5.75 Å². The van der Waals surface area contributed by atoms with Crippen molar-refractivity contribution in [1.29, 1.82) is 0 Å². The zero-order chi connectivity index (χ0) is 17.1.